The van der Waals surface area contributed by atoms with E-state index in [9.17, 15) is 14.5 Å². The molecule has 1 heterocycles. The summed E-state index contributed by atoms with van der Waals surface area (Å²) in [6.45, 7) is 0.940. The van der Waals surface area contributed by atoms with Gasteiger partial charge in [0, 0.05) is 24.4 Å². The first kappa shape index (κ1) is 17.4. The molecule has 8 heteroatoms. The van der Waals surface area contributed by atoms with E-state index in [0.29, 0.717) is 13.1 Å². The largest absolute Gasteiger partial charge is 0.494 e. The predicted octanol–water partition coefficient (Wildman–Crippen LogP) is 3.60. The van der Waals surface area contributed by atoms with E-state index in [4.69, 9.17) is 4.74 Å². The molecule has 0 atom stereocenters. The number of aromatic nitrogens is 2. The molecule has 0 saturated heterocycles. The number of nitro groups is 1. The smallest absolute Gasteiger partial charge is 0.295 e. The zero-order valence-corrected chi connectivity index (χ0v) is 14.1. The zero-order chi connectivity index (χ0) is 18.5. The molecule has 3 aromatic rings. The summed E-state index contributed by atoms with van der Waals surface area (Å²) < 4.78 is 20.4. The number of ether oxygens (including phenoxy) is 1. The maximum Gasteiger partial charge on any atom is 0.295 e. The number of benzene rings is 2. The highest BCUT2D eigenvalue weighted by Gasteiger charge is 2.19. The van der Waals surface area contributed by atoms with Gasteiger partial charge in [-0.05, 0) is 5.56 Å². The number of nitrogens with one attached hydrogen (secondary N) is 1. The van der Waals surface area contributed by atoms with Gasteiger partial charge in [-0.15, -0.1) is 0 Å². The molecule has 0 bridgehead atoms. The Hall–Kier alpha value is -3.42. The normalized spacial score (nSPS) is 10.5. The Bertz CT molecular complexity index is 912. The second-order valence-corrected chi connectivity index (χ2v) is 5.65. The van der Waals surface area contributed by atoms with E-state index in [0.717, 1.165) is 17.2 Å². The molecule has 0 spiro atoms. The van der Waals surface area contributed by atoms with E-state index in [1.165, 1.54) is 13.2 Å². The number of anilines is 1. The number of rotatable bonds is 7. The van der Waals surface area contributed by atoms with Gasteiger partial charge >= 0.3 is 0 Å². The van der Waals surface area contributed by atoms with Crippen molar-refractivity contribution >= 4 is 11.4 Å². The summed E-state index contributed by atoms with van der Waals surface area (Å²) in [5, 5.41) is 18.4. The van der Waals surface area contributed by atoms with Crippen LogP contribution < -0.4 is 10.1 Å². The Labute approximate surface area is 149 Å². The fourth-order valence-corrected chi connectivity index (χ4v) is 2.54. The van der Waals surface area contributed by atoms with Gasteiger partial charge in [-0.3, -0.25) is 14.8 Å². The Balaban J connectivity index is 1.72. The third-order valence-corrected chi connectivity index (χ3v) is 3.82. The Morgan fingerprint density at radius 2 is 2.04 bits per heavy atom. The molecular formula is C18H17FN4O3. The highest BCUT2D eigenvalue weighted by atomic mass is 19.1. The van der Waals surface area contributed by atoms with Gasteiger partial charge in [-0.25, -0.2) is 4.39 Å². The van der Waals surface area contributed by atoms with Crippen LogP contribution in [0.2, 0.25) is 0 Å². The minimum Gasteiger partial charge on any atom is -0.494 e. The second-order valence-electron chi connectivity index (χ2n) is 5.65. The molecule has 0 unspecified atom stereocenters. The monoisotopic (exact) mass is 356 g/mol. The molecule has 0 aliphatic rings. The summed E-state index contributed by atoms with van der Waals surface area (Å²) in [6, 6.07) is 12.0. The van der Waals surface area contributed by atoms with Crippen molar-refractivity contribution in [3.63, 3.8) is 0 Å². The van der Waals surface area contributed by atoms with Crippen LogP contribution in [0.1, 0.15) is 11.1 Å². The van der Waals surface area contributed by atoms with Gasteiger partial charge in [-0.2, -0.15) is 5.10 Å². The van der Waals surface area contributed by atoms with Crippen LogP contribution in [0.5, 0.6) is 5.75 Å². The maximum absolute atomic E-state index is 13.7. The second kappa shape index (κ2) is 7.64. The first-order valence-corrected chi connectivity index (χ1v) is 7.88. The Morgan fingerprint density at radius 3 is 2.73 bits per heavy atom. The number of methoxy groups -OCH3 is 1. The Kier molecular flexibility index (Phi) is 5.12. The van der Waals surface area contributed by atoms with Crippen LogP contribution in [-0.2, 0) is 13.1 Å². The molecule has 0 fully saturated rings. The van der Waals surface area contributed by atoms with Crippen molar-refractivity contribution in [1.82, 2.24) is 9.78 Å². The summed E-state index contributed by atoms with van der Waals surface area (Å²) in [5.41, 5.74) is 1.80. The fraction of sp³-hybridized carbons (Fsp3) is 0.167. The zero-order valence-electron chi connectivity index (χ0n) is 14.1. The van der Waals surface area contributed by atoms with E-state index in [1.807, 2.05) is 36.5 Å². The van der Waals surface area contributed by atoms with Crippen molar-refractivity contribution in [1.29, 1.82) is 0 Å². The average Bonchev–Trinajstić information content (AvgIpc) is 3.08. The summed E-state index contributed by atoms with van der Waals surface area (Å²) in [4.78, 5) is 10.5. The quantitative estimate of drug-likeness (QED) is 0.517. The van der Waals surface area contributed by atoms with Crippen LogP contribution in [0.3, 0.4) is 0 Å². The number of hydrogen-bond donors (Lipinski definition) is 1. The summed E-state index contributed by atoms with van der Waals surface area (Å²) in [5.74, 6) is -0.835. The van der Waals surface area contributed by atoms with Crippen molar-refractivity contribution in [2.75, 3.05) is 12.4 Å². The van der Waals surface area contributed by atoms with E-state index in [1.54, 1.807) is 10.9 Å². The van der Waals surface area contributed by atoms with Crippen LogP contribution in [0.25, 0.3) is 0 Å². The summed E-state index contributed by atoms with van der Waals surface area (Å²) >= 11 is 0. The van der Waals surface area contributed by atoms with Gasteiger partial charge < -0.3 is 10.1 Å². The molecule has 0 saturated carbocycles. The minimum atomic E-state index is -0.777. The lowest BCUT2D eigenvalue weighted by molar-refractivity contribution is -0.384. The number of hydrogen-bond acceptors (Lipinski definition) is 5. The van der Waals surface area contributed by atoms with Gasteiger partial charge in [-0.1, -0.05) is 30.3 Å². The molecule has 1 N–H and O–H groups in total. The van der Waals surface area contributed by atoms with E-state index in [2.05, 4.69) is 10.4 Å². The lowest BCUT2D eigenvalue weighted by Crippen LogP contribution is -2.04. The lowest BCUT2D eigenvalue weighted by atomic mass is 10.2. The first-order valence-electron chi connectivity index (χ1n) is 7.88. The highest BCUT2D eigenvalue weighted by Crippen LogP contribution is 2.32. The van der Waals surface area contributed by atoms with Gasteiger partial charge in [0.15, 0.2) is 11.6 Å². The third-order valence-electron chi connectivity index (χ3n) is 3.82. The van der Waals surface area contributed by atoms with Crippen LogP contribution in [0.4, 0.5) is 15.8 Å². The number of halogens is 1. The topological polar surface area (TPSA) is 82.2 Å². The molecule has 0 aliphatic carbocycles. The van der Waals surface area contributed by atoms with Gasteiger partial charge in [0.25, 0.3) is 5.69 Å². The average molecular weight is 356 g/mol. The van der Waals surface area contributed by atoms with E-state index >= 15 is 0 Å². The van der Waals surface area contributed by atoms with Crippen molar-refractivity contribution < 1.29 is 14.1 Å². The maximum atomic E-state index is 13.7. The fourth-order valence-electron chi connectivity index (χ4n) is 2.54. The van der Waals surface area contributed by atoms with Crippen LogP contribution in [-0.4, -0.2) is 21.8 Å². The van der Waals surface area contributed by atoms with E-state index in [-0.39, 0.29) is 17.1 Å². The molecule has 0 radical (unpaired) electrons. The molecule has 26 heavy (non-hydrogen) atoms. The van der Waals surface area contributed by atoms with Gasteiger partial charge in [0.1, 0.15) is 5.69 Å². The molecule has 3 rings (SSSR count). The summed E-state index contributed by atoms with van der Waals surface area (Å²) in [7, 11) is 1.31. The molecule has 0 amide bonds. The van der Waals surface area contributed by atoms with Crippen molar-refractivity contribution in [2.45, 2.75) is 13.1 Å². The number of nitrogens with zero attached hydrogens (tertiary/aromatic N) is 3. The van der Waals surface area contributed by atoms with E-state index < -0.39 is 10.7 Å². The molecule has 134 valence electrons. The molecule has 0 aliphatic heterocycles. The SMILES string of the molecule is COc1cc(NCc2cnn(Cc3ccccc3)c2)c([N+](=O)[O-])cc1F. The van der Waals surface area contributed by atoms with Crippen LogP contribution in [0, 0.1) is 15.9 Å². The van der Waals surface area contributed by atoms with Crippen LogP contribution in [0.15, 0.2) is 54.9 Å². The van der Waals surface area contributed by atoms with Crippen molar-refractivity contribution in [3.05, 3.63) is 81.9 Å². The van der Waals surface area contributed by atoms with Gasteiger partial charge in [0.2, 0.25) is 0 Å². The standard InChI is InChI=1S/C18H17FN4O3/c1-26-18-8-16(17(23(24)25)7-15(18)19)20-9-14-10-21-22(12-14)11-13-5-3-2-4-6-13/h2-8,10,12,20H,9,11H2,1H3. The van der Waals surface area contributed by atoms with Gasteiger partial charge in [0.05, 0.1) is 30.8 Å². The lowest BCUT2D eigenvalue weighted by Gasteiger charge is -2.09. The summed E-state index contributed by atoms with van der Waals surface area (Å²) in [6.07, 6.45) is 3.54. The Morgan fingerprint density at radius 1 is 1.27 bits per heavy atom. The predicted molar refractivity (Wildman–Crippen MR) is 94.7 cm³/mol. The molecular weight excluding hydrogens is 339 g/mol. The molecule has 7 nitrogen and oxygen atoms in total. The van der Waals surface area contributed by atoms with Crippen molar-refractivity contribution in [3.8, 4) is 5.75 Å². The highest BCUT2D eigenvalue weighted by molar-refractivity contribution is 5.64. The third kappa shape index (κ3) is 3.97. The molecule has 2 aromatic carbocycles. The first-order chi connectivity index (χ1) is 12.6. The molecule has 1 aromatic heterocycles. The number of nitro benzene ring substituents is 1. The minimum absolute atomic E-state index is 0.0575. The van der Waals surface area contributed by atoms with Crippen molar-refractivity contribution in [2.24, 2.45) is 0 Å². The van der Waals surface area contributed by atoms with Crippen LogP contribution >= 0.6 is 0 Å².